The number of halogens is 2. The van der Waals surface area contributed by atoms with Crippen LogP contribution in [0, 0.1) is 0 Å². The maximum atomic E-state index is 5.70. The molecule has 0 aliphatic rings. The van der Waals surface area contributed by atoms with Gasteiger partial charge in [-0.15, -0.1) is 0 Å². The molecule has 0 saturated carbocycles. The average molecular weight is 284 g/mol. The Morgan fingerprint density at radius 3 is 2.46 bits per heavy atom. The van der Waals surface area contributed by atoms with E-state index >= 15 is 0 Å². The maximum absolute atomic E-state index is 5.70. The molecule has 0 fully saturated rings. The van der Waals surface area contributed by atoms with Crippen molar-refractivity contribution in [3.05, 3.63) is 16.6 Å². The van der Waals surface area contributed by atoms with Gasteiger partial charge in [0.1, 0.15) is 10.6 Å². The quantitative estimate of drug-likeness (QED) is 0.842. The molecule has 0 heterocycles. The van der Waals surface area contributed by atoms with Crippen molar-refractivity contribution in [3.8, 4) is 11.5 Å². The molecule has 2 nitrogen and oxygen atoms in total. The van der Waals surface area contributed by atoms with Gasteiger partial charge in [0.05, 0.1) is 18.7 Å². The Kier molecular flexibility index (Phi) is 4.22. The van der Waals surface area contributed by atoms with Gasteiger partial charge in [0, 0.05) is 0 Å². The van der Waals surface area contributed by atoms with Gasteiger partial charge in [0.15, 0.2) is 5.75 Å². The normalized spacial score (nSPS) is 9.85. The molecular weight excluding hydrogens is 276 g/mol. The van der Waals surface area contributed by atoms with Gasteiger partial charge in [-0.2, -0.15) is 0 Å². The van der Waals surface area contributed by atoms with E-state index in [1.54, 1.807) is 14.2 Å². The van der Waals surface area contributed by atoms with E-state index in [0.29, 0.717) is 11.5 Å². The molecule has 0 unspecified atom stereocenters. The molecular formula is C8H8BrClO2S. The Morgan fingerprint density at radius 2 is 2.00 bits per heavy atom. The fourth-order valence-corrected chi connectivity index (χ4v) is 2.50. The van der Waals surface area contributed by atoms with Crippen molar-refractivity contribution in [2.45, 2.75) is 4.90 Å². The molecule has 0 radical (unpaired) electrons. The second kappa shape index (κ2) is 4.98. The highest BCUT2D eigenvalue weighted by Crippen LogP contribution is 2.43. The number of benzene rings is 1. The lowest BCUT2D eigenvalue weighted by Gasteiger charge is -2.11. The van der Waals surface area contributed by atoms with Crippen LogP contribution in [-0.4, -0.2) is 14.2 Å². The molecule has 1 aromatic rings. The third-order valence-corrected chi connectivity index (χ3v) is 3.16. The van der Waals surface area contributed by atoms with Crippen LogP contribution < -0.4 is 9.47 Å². The number of hydrogen-bond donors (Lipinski definition) is 0. The van der Waals surface area contributed by atoms with Gasteiger partial charge in [0.25, 0.3) is 0 Å². The number of ether oxygens (including phenoxy) is 2. The smallest absolute Gasteiger partial charge is 0.151 e. The lowest BCUT2D eigenvalue weighted by molar-refractivity contribution is 0.375. The summed E-state index contributed by atoms with van der Waals surface area (Å²) < 4.78 is 11.2. The van der Waals surface area contributed by atoms with Crippen LogP contribution in [0.15, 0.2) is 21.5 Å². The van der Waals surface area contributed by atoms with Crippen LogP contribution in [0.25, 0.3) is 0 Å². The fourth-order valence-electron chi connectivity index (χ4n) is 0.945. The van der Waals surface area contributed by atoms with E-state index in [0.717, 1.165) is 20.3 Å². The molecule has 72 valence electrons. The standard InChI is InChI=1S/C8H8BrClO2S/c1-11-6-4-3-5(9)7(12-2)8(6)13-10/h3-4H,1-2H3. The summed E-state index contributed by atoms with van der Waals surface area (Å²) >= 11 is 3.36. The highest BCUT2D eigenvalue weighted by atomic mass is 79.9. The average Bonchev–Trinajstić information content (AvgIpc) is 2.17. The second-order valence-electron chi connectivity index (χ2n) is 2.19. The predicted octanol–water partition coefficient (Wildman–Crippen LogP) is 3.71. The maximum Gasteiger partial charge on any atom is 0.151 e. The largest absolute Gasteiger partial charge is 0.495 e. The summed E-state index contributed by atoms with van der Waals surface area (Å²) in [7, 11) is 9.97. The third-order valence-electron chi connectivity index (χ3n) is 1.53. The van der Waals surface area contributed by atoms with E-state index in [4.69, 9.17) is 20.2 Å². The van der Waals surface area contributed by atoms with Crippen LogP contribution in [0.1, 0.15) is 0 Å². The summed E-state index contributed by atoms with van der Waals surface area (Å²) in [5.74, 6) is 1.40. The molecule has 0 atom stereocenters. The molecule has 13 heavy (non-hydrogen) atoms. The predicted molar refractivity (Wildman–Crippen MR) is 59.0 cm³/mol. The molecule has 0 bridgehead atoms. The number of hydrogen-bond acceptors (Lipinski definition) is 3. The van der Waals surface area contributed by atoms with Crippen LogP contribution in [0.2, 0.25) is 0 Å². The molecule has 1 rings (SSSR count). The first-order chi connectivity index (χ1) is 6.24. The van der Waals surface area contributed by atoms with Crippen molar-refractivity contribution >= 4 is 37.6 Å². The van der Waals surface area contributed by atoms with E-state index in [9.17, 15) is 0 Å². The van der Waals surface area contributed by atoms with Gasteiger partial charge in [-0.25, -0.2) is 0 Å². The van der Waals surface area contributed by atoms with E-state index in [1.807, 2.05) is 12.1 Å². The SMILES string of the molecule is COc1ccc(Br)c(OC)c1SCl. The minimum Gasteiger partial charge on any atom is -0.495 e. The fraction of sp³-hybridized carbons (Fsp3) is 0.250. The summed E-state index contributed by atoms with van der Waals surface area (Å²) in [5, 5.41) is 0. The zero-order chi connectivity index (χ0) is 9.84. The van der Waals surface area contributed by atoms with Gasteiger partial charge >= 0.3 is 0 Å². The molecule has 0 aliphatic carbocycles. The van der Waals surface area contributed by atoms with Crippen molar-refractivity contribution in [1.29, 1.82) is 0 Å². The van der Waals surface area contributed by atoms with Gasteiger partial charge in [-0.1, -0.05) is 0 Å². The highest BCUT2D eigenvalue weighted by Gasteiger charge is 2.13. The molecule has 0 aliphatic heterocycles. The summed E-state index contributed by atoms with van der Waals surface area (Å²) in [6.45, 7) is 0. The minimum absolute atomic E-state index is 0.694. The minimum atomic E-state index is 0.694. The van der Waals surface area contributed by atoms with E-state index in [2.05, 4.69) is 15.9 Å². The Morgan fingerprint density at radius 1 is 1.31 bits per heavy atom. The zero-order valence-corrected chi connectivity index (χ0v) is 10.3. The highest BCUT2D eigenvalue weighted by molar-refractivity contribution is 9.10. The topological polar surface area (TPSA) is 18.5 Å². The Balaban J connectivity index is 3.27. The summed E-state index contributed by atoms with van der Waals surface area (Å²) in [4.78, 5) is 0.779. The van der Waals surface area contributed by atoms with E-state index in [1.165, 1.54) is 0 Å². The third kappa shape index (κ3) is 2.24. The van der Waals surface area contributed by atoms with Crippen LogP contribution >= 0.6 is 37.6 Å². The second-order valence-corrected chi connectivity index (χ2v) is 4.07. The molecule has 0 aromatic heterocycles. The zero-order valence-electron chi connectivity index (χ0n) is 7.14. The Bertz CT molecular complexity index is 306. The number of rotatable bonds is 3. The van der Waals surface area contributed by atoms with Crippen molar-refractivity contribution < 1.29 is 9.47 Å². The number of methoxy groups -OCH3 is 2. The van der Waals surface area contributed by atoms with Crippen molar-refractivity contribution in [2.24, 2.45) is 0 Å². The van der Waals surface area contributed by atoms with Crippen LogP contribution in [0.3, 0.4) is 0 Å². The van der Waals surface area contributed by atoms with Gasteiger partial charge in [-0.3, -0.25) is 0 Å². The van der Waals surface area contributed by atoms with E-state index in [-0.39, 0.29) is 0 Å². The van der Waals surface area contributed by atoms with Crippen LogP contribution in [0.5, 0.6) is 11.5 Å². The summed E-state index contributed by atoms with van der Waals surface area (Å²) in [5.41, 5.74) is 0. The Labute approximate surface area is 94.2 Å². The molecule has 1 aromatic carbocycles. The first-order valence-corrected chi connectivity index (χ1v) is 5.87. The van der Waals surface area contributed by atoms with Crippen LogP contribution in [-0.2, 0) is 0 Å². The molecule has 0 N–H and O–H groups in total. The van der Waals surface area contributed by atoms with Gasteiger partial charge in [-0.05, 0) is 49.7 Å². The summed E-state index contributed by atoms with van der Waals surface area (Å²) in [6, 6.07) is 3.69. The first kappa shape index (κ1) is 11.0. The molecule has 0 saturated heterocycles. The summed E-state index contributed by atoms with van der Waals surface area (Å²) in [6.07, 6.45) is 0. The monoisotopic (exact) mass is 282 g/mol. The lowest BCUT2D eigenvalue weighted by atomic mass is 10.3. The van der Waals surface area contributed by atoms with Crippen molar-refractivity contribution in [2.75, 3.05) is 14.2 Å². The van der Waals surface area contributed by atoms with Gasteiger partial charge in [0.2, 0.25) is 0 Å². The Hall–Kier alpha value is -0.0600. The van der Waals surface area contributed by atoms with E-state index < -0.39 is 0 Å². The van der Waals surface area contributed by atoms with Crippen molar-refractivity contribution in [1.82, 2.24) is 0 Å². The van der Waals surface area contributed by atoms with Crippen LogP contribution in [0.4, 0.5) is 0 Å². The van der Waals surface area contributed by atoms with Crippen molar-refractivity contribution in [3.63, 3.8) is 0 Å². The van der Waals surface area contributed by atoms with Gasteiger partial charge < -0.3 is 9.47 Å². The molecule has 0 amide bonds. The molecule has 0 spiro atoms. The first-order valence-electron chi connectivity index (χ1n) is 3.43. The molecule has 5 heteroatoms. The lowest BCUT2D eigenvalue weighted by Crippen LogP contribution is -1.91.